The Labute approximate surface area is 142 Å². The molecule has 0 aliphatic carbocycles. The van der Waals surface area contributed by atoms with Crippen LogP contribution in [0.3, 0.4) is 0 Å². The topological polar surface area (TPSA) is 66.4 Å². The van der Waals surface area contributed by atoms with Crippen LogP contribution in [0.15, 0.2) is 12.4 Å². The standard InChI is InChI=1S/C15H23ClN4O2S/c1-19(15-17-8-13(16)9-18-15)14-2-5-20(6-3-14)10-12-4-7-23(21,22)11-12/h8-9,12,14H,2-7,10-11H2,1H3. The lowest BCUT2D eigenvalue weighted by molar-refractivity contribution is 0.187. The molecule has 2 saturated heterocycles. The van der Waals surface area contributed by atoms with Gasteiger partial charge in [0.2, 0.25) is 5.95 Å². The molecule has 2 fully saturated rings. The van der Waals surface area contributed by atoms with Crippen LogP contribution in [-0.2, 0) is 9.84 Å². The second-order valence-electron chi connectivity index (χ2n) is 6.61. The molecule has 0 N–H and O–H groups in total. The van der Waals surface area contributed by atoms with Gasteiger partial charge >= 0.3 is 0 Å². The van der Waals surface area contributed by atoms with Gasteiger partial charge in [-0.05, 0) is 25.2 Å². The molecule has 3 rings (SSSR count). The number of halogens is 1. The average Bonchev–Trinajstić information content (AvgIpc) is 2.87. The summed E-state index contributed by atoms with van der Waals surface area (Å²) in [5.74, 6) is 1.75. The minimum Gasteiger partial charge on any atom is -0.341 e. The number of anilines is 1. The Morgan fingerprint density at radius 2 is 1.91 bits per heavy atom. The molecule has 23 heavy (non-hydrogen) atoms. The maximum absolute atomic E-state index is 11.6. The van der Waals surface area contributed by atoms with Crippen molar-refractivity contribution in [2.75, 3.05) is 43.1 Å². The lowest BCUT2D eigenvalue weighted by Crippen LogP contribution is -2.45. The molecule has 6 nitrogen and oxygen atoms in total. The summed E-state index contributed by atoms with van der Waals surface area (Å²) in [6, 6.07) is 0.416. The highest BCUT2D eigenvalue weighted by atomic mass is 35.5. The first kappa shape index (κ1) is 16.9. The third kappa shape index (κ3) is 4.33. The van der Waals surface area contributed by atoms with E-state index in [1.165, 1.54) is 0 Å². The van der Waals surface area contributed by atoms with Gasteiger partial charge in [-0.25, -0.2) is 18.4 Å². The lowest BCUT2D eigenvalue weighted by Gasteiger charge is -2.37. The van der Waals surface area contributed by atoms with Gasteiger partial charge in [0, 0.05) is 32.7 Å². The average molecular weight is 359 g/mol. The molecule has 0 saturated carbocycles. The van der Waals surface area contributed by atoms with Crippen molar-refractivity contribution >= 4 is 27.4 Å². The van der Waals surface area contributed by atoms with Gasteiger partial charge in [-0.1, -0.05) is 11.6 Å². The number of hydrogen-bond acceptors (Lipinski definition) is 6. The van der Waals surface area contributed by atoms with Crippen molar-refractivity contribution in [1.82, 2.24) is 14.9 Å². The van der Waals surface area contributed by atoms with Gasteiger partial charge in [0.25, 0.3) is 0 Å². The van der Waals surface area contributed by atoms with Crippen LogP contribution in [0, 0.1) is 5.92 Å². The van der Waals surface area contributed by atoms with Crippen molar-refractivity contribution in [1.29, 1.82) is 0 Å². The predicted molar refractivity (Wildman–Crippen MR) is 91.7 cm³/mol. The summed E-state index contributed by atoms with van der Waals surface area (Å²) in [4.78, 5) is 13.1. The maximum atomic E-state index is 11.6. The zero-order valence-electron chi connectivity index (χ0n) is 13.4. The fourth-order valence-electron chi connectivity index (χ4n) is 3.52. The summed E-state index contributed by atoms with van der Waals surface area (Å²) in [6.45, 7) is 2.91. The number of likely N-dealkylation sites (tertiary alicyclic amines) is 1. The largest absolute Gasteiger partial charge is 0.341 e. The molecule has 1 atom stereocenters. The summed E-state index contributed by atoms with van der Waals surface area (Å²) >= 11 is 5.83. The van der Waals surface area contributed by atoms with Gasteiger partial charge < -0.3 is 9.80 Å². The molecule has 2 aliphatic heterocycles. The Balaban J connectivity index is 1.49. The molecule has 128 valence electrons. The molecule has 1 unspecified atom stereocenters. The predicted octanol–water partition coefficient (Wildman–Crippen LogP) is 1.47. The molecular weight excluding hydrogens is 336 g/mol. The Hall–Kier alpha value is -0.920. The zero-order valence-corrected chi connectivity index (χ0v) is 14.9. The van der Waals surface area contributed by atoms with E-state index in [-0.39, 0.29) is 0 Å². The summed E-state index contributed by atoms with van der Waals surface area (Å²) in [6.07, 6.45) is 6.15. The van der Waals surface area contributed by atoms with E-state index in [4.69, 9.17) is 11.6 Å². The number of piperidine rings is 1. The monoisotopic (exact) mass is 358 g/mol. The van der Waals surface area contributed by atoms with Crippen LogP contribution in [0.4, 0.5) is 5.95 Å². The van der Waals surface area contributed by atoms with Crippen LogP contribution in [-0.4, -0.2) is 67.5 Å². The molecule has 2 aliphatic rings. The fraction of sp³-hybridized carbons (Fsp3) is 0.733. The van der Waals surface area contributed by atoms with E-state index in [1.807, 2.05) is 7.05 Å². The number of rotatable bonds is 4. The first-order valence-corrected chi connectivity index (χ1v) is 10.3. The molecule has 8 heteroatoms. The van der Waals surface area contributed by atoms with Crippen molar-refractivity contribution in [3.05, 3.63) is 17.4 Å². The maximum Gasteiger partial charge on any atom is 0.225 e. The second kappa shape index (κ2) is 6.91. The van der Waals surface area contributed by atoms with Gasteiger partial charge in [-0.15, -0.1) is 0 Å². The fourth-order valence-corrected chi connectivity index (χ4v) is 5.47. The van der Waals surface area contributed by atoms with Gasteiger partial charge in [-0.2, -0.15) is 0 Å². The number of sulfone groups is 1. The molecule has 0 radical (unpaired) electrons. The SMILES string of the molecule is CN(c1ncc(Cl)cn1)C1CCN(CC2CCS(=O)(=O)C2)CC1. The highest BCUT2D eigenvalue weighted by Gasteiger charge is 2.31. The molecule has 3 heterocycles. The highest BCUT2D eigenvalue weighted by Crippen LogP contribution is 2.23. The molecule has 0 bridgehead atoms. The minimum absolute atomic E-state index is 0.314. The van der Waals surface area contributed by atoms with E-state index < -0.39 is 9.84 Å². The first-order chi connectivity index (χ1) is 10.9. The van der Waals surface area contributed by atoms with Crippen LogP contribution in [0.25, 0.3) is 0 Å². The quantitative estimate of drug-likeness (QED) is 0.812. The van der Waals surface area contributed by atoms with Crippen LogP contribution in [0.5, 0.6) is 0 Å². The summed E-state index contributed by atoms with van der Waals surface area (Å²) in [5.41, 5.74) is 0. The Morgan fingerprint density at radius 1 is 1.26 bits per heavy atom. The zero-order chi connectivity index (χ0) is 16.4. The molecule has 1 aromatic rings. The van der Waals surface area contributed by atoms with Gasteiger partial charge in [0.1, 0.15) is 0 Å². The van der Waals surface area contributed by atoms with E-state index in [9.17, 15) is 8.42 Å². The Bertz CT molecular complexity index is 629. The summed E-state index contributed by atoms with van der Waals surface area (Å²) < 4.78 is 23.1. The van der Waals surface area contributed by atoms with Crippen LogP contribution in [0.1, 0.15) is 19.3 Å². The van der Waals surface area contributed by atoms with Crippen LogP contribution >= 0.6 is 11.6 Å². The molecule has 0 spiro atoms. The van der Waals surface area contributed by atoms with Crippen LogP contribution < -0.4 is 4.90 Å². The van der Waals surface area contributed by atoms with E-state index in [0.717, 1.165) is 38.9 Å². The lowest BCUT2D eigenvalue weighted by atomic mass is 10.0. The van der Waals surface area contributed by atoms with Gasteiger partial charge in [0.05, 0.1) is 28.9 Å². The van der Waals surface area contributed by atoms with E-state index in [0.29, 0.717) is 34.4 Å². The van der Waals surface area contributed by atoms with E-state index >= 15 is 0 Å². The summed E-state index contributed by atoms with van der Waals surface area (Å²) in [7, 11) is -0.751. The first-order valence-electron chi connectivity index (χ1n) is 8.06. The Morgan fingerprint density at radius 3 is 2.48 bits per heavy atom. The van der Waals surface area contributed by atoms with Crippen molar-refractivity contribution in [2.45, 2.75) is 25.3 Å². The second-order valence-corrected chi connectivity index (χ2v) is 9.28. The molecular formula is C15H23ClN4O2S. The van der Waals surface area contributed by atoms with Crippen molar-refractivity contribution < 1.29 is 8.42 Å². The third-order valence-corrected chi connectivity index (χ3v) is 6.90. The van der Waals surface area contributed by atoms with Gasteiger partial charge in [-0.3, -0.25) is 0 Å². The number of hydrogen-bond donors (Lipinski definition) is 0. The normalized spacial score (nSPS) is 25.6. The summed E-state index contributed by atoms with van der Waals surface area (Å²) in [5, 5.41) is 0.545. The van der Waals surface area contributed by atoms with E-state index in [2.05, 4.69) is 19.8 Å². The minimum atomic E-state index is -2.77. The molecule has 0 amide bonds. The van der Waals surface area contributed by atoms with Crippen LogP contribution in [0.2, 0.25) is 5.02 Å². The number of aromatic nitrogens is 2. The van der Waals surface area contributed by atoms with E-state index in [1.54, 1.807) is 12.4 Å². The highest BCUT2D eigenvalue weighted by molar-refractivity contribution is 7.91. The molecule has 0 aromatic carbocycles. The van der Waals surface area contributed by atoms with Crippen molar-refractivity contribution in [3.63, 3.8) is 0 Å². The van der Waals surface area contributed by atoms with Gasteiger partial charge in [0.15, 0.2) is 9.84 Å². The number of nitrogens with zero attached hydrogens (tertiary/aromatic N) is 4. The molecule has 1 aromatic heterocycles. The third-order valence-electron chi connectivity index (χ3n) is 4.87. The van der Waals surface area contributed by atoms with Crippen molar-refractivity contribution in [3.8, 4) is 0 Å². The van der Waals surface area contributed by atoms with Crippen molar-refractivity contribution in [2.24, 2.45) is 5.92 Å². The smallest absolute Gasteiger partial charge is 0.225 e. The Kier molecular flexibility index (Phi) is 5.08.